The molecular weight excluding hydrogens is 284 g/mol. The van der Waals surface area contributed by atoms with Crippen molar-refractivity contribution in [3.63, 3.8) is 0 Å². The van der Waals surface area contributed by atoms with E-state index in [9.17, 15) is 4.79 Å². The van der Waals surface area contributed by atoms with Crippen molar-refractivity contribution in [3.05, 3.63) is 28.5 Å². The highest BCUT2D eigenvalue weighted by Gasteiger charge is 2.18. The van der Waals surface area contributed by atoms with E-state index in [2.05, 4.69) is 11.1 Å². The lowest BCUT2D eigenvalue weighted by Crippen LogP contribution is -2.28. The van der Waals surface area contributed by atoms with Crippen molar-refractivity contribution in [1.82, 2.24) is 14.5 Å². The Balaban J connectivity index is 1.83. The summed E-state index contributed by atoms with van der Waals surface area (Å²) in [5, 5.41) is 9.00. The Labute approximate surface area is 127 Å². The number of carbonyl (C=O) groups excluding carboxylic acids is 1. The van der Waals surface area contributed by atoms with E-state index in [-0.39, 0.29) is 5.91 Å². The number of benzene rings is 1. The first-order valence-corrected chi connectivity index (χ1v) is 7.50. The number of nitriles is 1. The van der Waals surface area contributed by atoms with Gasteiger partial charge in [0, 0.05) is 26.1 Å². The molecule has 1 aliphatic heterocycles. The minimum absolute atomic E-state index is 0.181. The zero-order chi connectivity index (χ0) is 14.8. The van der Waals surface area contributed by atoms with Crippen molar-refractivity contribution < 1.29 is 4.79 Å². The van der Waals surface area contributed by atoms with E-state index in [4.69, 9.17) is 17.5 Å². The van der Waals surface area contributed by atoms with Gasteiger partial charge in [0.1, 0.15) is 0 Å². The van der Waals surface area contributed by atoms with Gasteiger partial charge in [0.2, 0.25) is 5.91 Å². The number of rotatable bonds is 3. The topological polar surface area (TPSA) is 64.8 Å². The molecule has 1 aliphatic rings. The third-order valence-corrected chi connectivity index (χ3v) is 4.23. The number of aromatic amines is 1. The largest absolute Gasteiger partial charge is 0.343 e. The summed E-state index contributed by atoms with van der Waals surface area (Å²) in [6.07, 6.45) is 2.64. The molecule has 6 heteroatoms. The Morgan fingerprint density at radius 2 is 2.14 bits per heavy atom. The van der Waals surface area contributed by atoms with E-state index in [1.807, 2.05) is 21.6 Å². The molecule has 1 N–H and O–H groups in total. The van der Waals surface area contributed by atoms with E-state index in [1.54, 1.807) is 6.07 Å². The van der Waals surface area contributed by atoms with Crippen LogP contribution in [0.1, 0.15) is 24.8 Å². The van der Waals surface area contributed by atoms with Crippen LogP contribution in [0.25, 0.3) is 11.0 Å². The van der Waals surface area contributed by atoms with Gasteiger partial charge in [0.25, 0.3) is 0 Å². The predicted octanol–water partition coefficient (Wildman–Crippen LogP) is 2.58. The molecule has 0 aliphatic carbocycles. The third kappa shape index (κ3) is 2.69. The van der Waals surface area contributed by atoms with Crippen molar-refractivity contribution in [1.29, 1.82) is 5.26 Å². The van der Waals surface area contributed by atoms with Gasteiger partial charge in [0.15, 0.2) is 4.77 Å². The molecule has 0 saturated carbocycles. The number of hydrogen-bond acceptors (Lipinski definition) is 3. The average molecular weight is 300 g/mol. The maximum atomic E-state index is 12.1. The van der Waals surface area contributed by atoms with Crippen LogP contribution in [-0.4, -0.2) is 33.4 Å². The van der Waals surface area contributed by atoms with E-state index in [0.29, 0.717) is 23.3 Å². The third-order valence-electron chi connectivity index (χ3n) is 3.91. The Hall–Kier alpha value is -2.13. The maximum absolute atomic E-state index is 12.1. The molecule has 1 aromatic carbocycles. The normalized spacial score (nSPS) is 14.5. The fourth-order valence-corrected chi connectivity index (χ4v) is 3.08. The smallest absolute Gasteiger partial charge is 0.224 e. The summed E-state index contributed by atoms with van der Waals surface area (Å²) in [6.45, 7) is 2.29. The summed E-state index contributed by atoms with van der Waals surface area (Å²) in [5.74, 6) is 0.181. The van der Waals surface area contributed by atoms with Gasteiger partial charge >= 0.3 is 0 Å². The molecule has 1 fully saturated rings. The number of hydrogen-bond donors (Lipinski definition) is 1. The molecule has 0 bridgehead atoms. The van der Waals surface area contributed by atoms with Crippen LogP contribution in [0.5, 0.6) is 0 Å². The molecule has 2 aromatic rings. The number of aromatic nitrogens is 2. The van der Waals surface area contributed by atoms with Gasteiger partial charge in [-0.1, -0.05) is 0 Å². The minimum Gasteiger partial charge on any atom is -0.343 e. The lowest BCUT2D eigenvalue weighted by atomic mass is 10.2. The maximum Gasteiger partial charge on any atom is 0.224 e. The molecule has 0 atom stereocenters. The molecule has 0 unspecified atom stereocenters. The first kappa shape index (κ1) is 13.8. The summed E-state index contributed by atoms with van der Waals surface area (Å²) >= 11 is 5.32. The van der Waals surface area contributed by atoms with Gasteiger partial charge in [-0.05, 0) is 43.3 Å². The van der Waals surface area contributed by atoms with Crippen LogP contribution in [-0.2, 0) is 11.3 Å². The zero-order valence-electron chi connectivity index (χ0n) is 11.6. The summed E-state index contributed by atoms with van der Waals surface area (Å²) in [5.41, 5.74) is 2.37. The van der Waals surface area contributed by atoms with Gasteiger partial charge in [-0.2, -0.15) is 5.26 Å². The zero-order valence-corrected chi connectivity index (χ0v) is 12.4. The molecular formula is C15H16N4OS. The van der Waals surface area contributed by atoms with Gasteiger partial charge in [-0.25, -0.2) is 0 Å². The van der Waals surface area contributed by atoms with E-state index < -0.39 is 0 Å². The van der Waals surface area contributed by atoms with Crippen LogP contribution >= 0.6 is 12.2 Å². The number of carbonyl (C=O) groups is 1. The van der Waals surface area contributed by atoms with Crippen LogP contribution in [0.3, 0.4) is 0 Å². The number of amides is 1. The first-order chi connectivity index (χ1) is 10.2. The van der Waals surface area contributed by atoms with Gasteiger partial charge in [-0.15, -0.1) is 0 Å². The quantitative estimate of drug-likeness (QED) is 0.886. The standard InChI is InChI=1S/C15H16N4OS/c16-10-11-3-4-12-13(9-11)19(15(21)17-12)8-5-14(20)18-6-1-2-7-18/h3-4,9H,1-2,5-8H2,(H,17,21). The summed E-state index contributed by atoms with van der Waals surface area (Å²) in [6, 6.07) is 7.54. The summed E-state index contributed by atoms with van der Waals surface area (Å²) in [7, 11) is 0. The number of likely N-dealkylation sites (tertiary alicyclic amines) is 1. The molecule has 3 rings (SSSR count). The molecule has 1 aromatic heterocycles. The number of imidazole rings is 1. The summed E-state index contributed by atoms with van der Waals surface area (Å²) in [4.78, 5) is 17.2. The lowest BCUT2D eigenvalue weighted by Gasteiger charge is -2.15. The van der Waals surface area contributed by atoms with Crippen molar-refractivity contribution >= 4 is 29.2 Å². The van der Waals surface area contributed by atoms with Crippen LogP contribution in [0, 0.1) is 16.1 Å². The van der Waals surface area contributed by atoms with Crippen molar-refractivity contribution in [3.8, 4) is 6.07 Å². The second kappa shape index (κ2) is 5.70. The molecule has 108 valence electrons. The molecule has 0 spiro atoms. The van der Waals surface area contributed by atoms with E-state index in [1.165, 1.54) is 0 Å². The molecule has 21 heavy (non-hydrogen) atoms. The number of fused-ring (bicyclic) bond motifs is 1. The van der Waals surface area contributed by atoms with Crippen LogP contribution < -0.4 is 0 Å². The predicted molar refractivity (Wildman–Crippen MR) is 82.3 cm³/mol. The first-order valence-electron chi connectivity index (χ1n) is 7.09. The fraction of sp³-hybridized carbons (Fsp3) is 0.400. The second-order valence-corrected chi connectivity index (χ2v) is 5.65. The minimum atomic E-state index is 0.181. The Morgan fingerprint density at radius 1 is 1.38 bits per heavy atom. The molecule has 1 amide bonds. The van der Waals surface area contributed by atoms with Crippen LogP contribution in [0.2, 0.25) is 0 Å². The molecule has 1 saturated heterocycles. The highest BCUT2D eigenvalue weighted by atomic mass is 32.1. The van der Waals surface area contributed by atoms with Crippen LogP contribution in [0.4, 0.5) is 0 Å². The number of nitrogens with zero attached hydrogens (tertiary/aromatic N) is 3. The Morgan fingerprint density at radius 3 is 2.86 bits per heavy atom. The fourth-order valence-electron chi connectivity index (χ4n) is 2.78. The van der Waals surface area contributed by atoms with Gasteiger partial charge in [-0.3, -0.25) is 4.79 Å². The highest BCUT2D eigenvalue weighted by molar-refractivity contribution is 7.71. The molecule has 5 nitrogen and oxygen atoms in total. The van der Waals surface area contributed by atoms with Crippen molar-refractivity contribution in [2.24, 2.45) is 0 Å². The van der Waals surface area contributed by atoms with E-state index >= 15 is 0 Å². The Bertz CT molecular complexity index is 777. The summed E-state index contributed by atoms with van der Waals surface area (Å²) < 4.78 is 2.49. The van der Waals surface area contributed by atoms with Gasteiger partial charge < -0.3 is 14.5 Å². The Kier molecular flexibility index (Phi) is 3.76. The lowest BCUT2D eigenvalue weighted by molar-refractivity contribution is -0.130. The SMILES string of the molecule is N#Cc1ccc2[nH]c(=S)n(CCC(=O)N3CCCC3)c2c1. The molecule has 2 heterocycles. The average Bonchev–Trinajstić information content (AvgIpc) is 3.11. The van der Waals surface area contributed by atoms with Gasteiger partial charge in [0.05, 0.1) is 22.7 Å². The highest BCUT2D eigenvalue weighted by Crippen LogP contribution is 2.17. The monoisotopic (exact) mass is 300 g/mol. The number of aryl methyl sites for hydroxylation is 1. The second-order valence-electron chi connectivity index (χ2n) is 5.26. The van der Waals surface area contributed by atoms with Crippen molar-refractivity contribution in [2.45, 2.75) is 25.8 Å². The number of H-pyrrole nitrogens is 1. The van der Waals surface area contributed by atoms with E-state index in [0.717, 1.165) is 37.0 Å². The number of nitrogens with one attached hydrogen (secondary N) is 1. The van der Waals surface area contributed by atoms with Crippen molar-refractivity contribution in [2.75, 3.05) is 13.1 Å². The molecule has 0 radical (unpaired) electrons. The van der Waals surface area contributed by atoms with Crippen LogP contribution in [0.15, 0.2) is 18.2 Å².